The van der Waals surface area contributed by atoms with Crippen LogP contribution in [0.2, 0.25) is 0 Å². The number of hydrogen-bond donors (Lipinski definition) is 1. The van der Waals surface area contributed by atoms with Gasteiger partial charge in [0.05, 0.1) is 7.11 Å². The number of methoxy groups -OCH3 is 1. The second-order valence-corrected chi connectivity index (χ2v) is 6.05. The number of amides is 2. The highest BCUT2D eigenvalue weighted by atomic mass is 16.5. The van der Waals surface area contributed by atoms with Gasteiger partial charge < -0.3 is 15.4 Å². The van der Waals surface area contributed by atoms with E-state index in [4.69, 9.17) is 10.5 Å². The molecule has 0 fully saturated rings. The molecule has 2 amide bonds. The fourth-order valence-corrected chi connectivity index (χ4v) is 2.68. The minimum Gasteiger partial charge on any atom is -0.496 e. The van der Waals surface area contributed by atoms with Crippen LogP contribution in [0.3, 0.4) is 0 Å². The lowest BCUT2D eigenvalue weighted by Crippen LogP contribution is -2.54. The van der Waals surface area contributed by atoms with Crippen LogP contribution in [0.5, 0.6) is 5.75 Å². The summed E-state index contributed by atoms with van der Waals surface area (Å²) in [4.78, 5) is 17.8. The first-order chi connectivity index (χ1) is 9.88. The minimum absolute atomic E-state index is 0.251. The van der Waals surface area contributed by atoms with Crippen LogP contribution in [-0.4, -0.2) is 36.0 Å². The van der Waals surface area contributed by atoms with E-state index in [0.29, 0.717) is 24.7 Å². The first kappa shape index (κ1) is 15.4. The Balaban J connectivity index is 2.34. The minimum atomic E-state index is -0.601. The summed E-state index contributed by atoms with van der Waals surface area (Å²) in [5, 5.41) is 0. The topological polar surface area (TPSA) is 67.9 Å². The standard InChI is InChI=1S/C16H23N3O2/c1-11(2)10-19-15(20)18-14(17)16(19,3)9-12-7-5-6-8-13(12)21-4/h5-8,11H,9-10H2,1-4H3,(H2,17,18,20). The molecule has 5 nitrogen and oxygen atoms in total. The number of ether oxygens (including phenoxy) is 1. The summed E-state index contributed by atoms with van der Waals surface area (Å²) in [6.45, 7) is 6.75. The van der Waals surface area contributed by atoms with Gasteiger partial charge in [0.25, 0.3) is 0 Å². The molecule has 1 heterocycles. The lowest BCUT2D eigenvalue weighted by atomic mass is 9.89. The predicted molar refractivity (Wildman–Crippen MR) is 83.7 cm³/mol. The Labute approximate surface area is 125 Å². The van der Waals surface area contributed by atoms with E-state index in [1.165, 1.54) is 0 Å². The number of benzene rings is 1. The average Bonchev–Trinajstić information content (AvgIpc) is 2.63. The zero-order valence-electron chi connectivity index (χ0n) is 13.1. The van der Waals surface area contributed by atoms with Crippen LogP contribution in [0, 0.1) is 5.92 Å². The van der Waals surface area contributed by atoms with Crippen LogP contribution in [0.4, 0.5) is 4.79 Å². The molecule has 0 bridgehead atoms. The number of aliphatic imine (C=N–C) groups is 1. The highest BCUT2D eigenvalue weighted by molar-refractivity contribution is 6.05. The molecule has 0 saturated heterocycles. The molecule has 1 unspecified atom stereocenters. The molecular formula is C16H23N3O2. The van der Waals surface area contributed by atoms with E-state index < -0.39 is 5.54 Å². The largest absolute Gasteiger partial charge is 0.496 e. The number of carbonyl (C=O) groups excluding carboxylic acids is 1. The van der Waals surface area contributed by atoms with Gasteiger partial charge in [0.1, 0.15) is 17.1 Å². The summed E-state index contributed by atoms with van der Waals surface area (Å²) in [6.07, 6.45) is 0.588. The van der Waals surface area contributed by atoms with Crippen LogP contribution in [0.15, 0.2) is 29.3 Å². The normalized spacial score (nSPS) is 21.9. The predicted octanol–water partition coefficient (Wildman–Crippen LogP) is 2.45. The van der Waals surface area contributed by atoms with Crippen molar-refractivity contribution >= 4 is 11.9 Å². The zero-order chi connectivity index (χ0) is 15.6. The zero-order valence-corrected chi connectivity index (χ0v) is 13.1. The molecule has 1 atom stereocenters. The Bertz CT molecular complexity index is 568. The molecule has 1 aliphatic heterocycles. The Morgan fingerprint density at radius 3 is 2.67 bits per heavy atom. The molecule has 0 radical (unpaired) electrons. The van der Waals surface area contributed by atoms with Crippen LogP contribution < -0.4 is 10.5 Å². The Morgan fingerprint density at radius 2 is 2.05 bits per heavy atom. The number of nitrogens with zero attached hydrogens (tertiary/aromatic N) is 2. The fourth-order valence-electron chi connectivity index (χ4n) is 2.68. The molecule has 5 heteroatoms. The van der Waals surface area contributed by atoms with Gasteiger partial charge in [0.2, 0.25) is 0 Å². The maximum atomic E-state index is 12.1. The molecule has 21 heavy (non-hydrogen) atoms. The number of carbonyl (C=O) groups is 1. The van der Waals surface area contributed by atoms with Gasteiger partial charge >= 0.3 is 6.03 Å². The summed E-state index contributed by atoms with van der Waals surface area (Å²) in [6, 6.07) is 7.54. The smallest absolute Gasteiger partial charge is 0.346 e. The van der Waals surface area contributed by atoms with E-state index in [-0.39, 0.29) is 6.03 Å². The van der Waals surface area contributed by atoms with Crippen LogP contribution in [-0.2, 0) is 6.42 Å². The van der Waals surface area contributed by atoms with Crippen molar-refractivity contribution in [2.75, 3.05) is 13.7 Å². The highest BCUT2D eigenvalue weighted by Gasteiger charge is 2.45. The van der Waals surface area contributed by atoms with Gasteiger partial charge in [-0.3, -0.25) is 0 Å². The number of para-hydroxylation sites is 1. The molecule has 2 rings (SSSR count). The lowest BCUT2D eigenvalue weighted by Gasteiger charge is -2.36. The van der Waals surface area contributed by atoms with Gasteiger partial charge in [-0.1, -0.05) is 32.0 Å². The molecule has 114 valence electrons. The van der Waals surface area contributed by atoms with Gasteiger partial charge in [-0.05, 0) is 24.5 Å². The van der Waals surface area contributed by atoms with Crippen molar-refractivity contribution in [3.05, 3.63) is 29.8 Å². The van der Waals surface area contributed by atoms with Crippen LogP contribution in [0.25, 0.3) is 0 Å². The third-order valence-corrected chi connectivity index (χ3v) is 3.87. The summed E-state index contributed by atoms with van der Waals surface area (Å²) < 4.78 is 5.39. The van der Waals surface area contributed by atoms with Gasteiger partial charge in [-0.2, -0.15) is 4.99 Å². The van der Waals surface area contributed by atoms with Gasteiger partial charge in [-0.15, -0.1) is 0 Å². The van der Waals surface area contributed by atoms with Crippen molar-refractivity contribution in [3.63, 3.8) is 0 Å². The van der Waals surface area contributed by atoms with E-state index in [1.54, 1.807) is 12.0 Å². The van der Waals surface area contributed by atoms with Crippen molar-refractivity contribution in [1.82, 2.24) is 4.90 Å². The van der Waals surface area contributed by atoms with Crippen molar-refractivity contribution < 1.29 is 9.53 Å². The van der Waals surface area contributed by atoms with Crippen molar-refractivity contribution in [2.45, 2.75) is 32.7 Å². The monoisotopic (exact) mass is 289 g/mol. The number of nitrogens with two attached hydrogens (primary N) is 1. The molecule has 1 aromatic carbocycles. The Kier molecular flexibility index (Phi) is 4.21. The fraction of sp³-hybridized carbons (Fsp3) is 0.500. The van der Waals surface area contributed by atoms with Crippen molar-refractivity contribution in [3.8, 4) is 5.75 Å². The van der Waals surface area contributed by atoms with Gasteiger partial charge in [-0.25, -0.2) is 4.79 Å². The first-order valence-electron chi connectivity index (χ1n) is 7.16. The average molecular weight is 289 g/mol. The van der Waals surface area contributed by atoms with Crippen LogP contribution >= 0.6 is 0 Å². The molecule has 1 aliphatic rings. The number of amidine groups is 1. The summed E-state index contributed by atoms with van der Waals surface area (Å²) in [7, 11) is 1.64. The SMILES string of the molecule is COc1ccccc1CC1(C)C(N)=NC(=O)N1CC(C)C. The summed E-state index contributed by atoms with van der Waals surface area (Å²) in [5.74, 6) is 1.53. The summed E-state index contributed by atoms with van der Waals surface area (Å²) in [5.41, 5.74) is 6.47. The van der Waals surface area contributed by atoms with E-state index in [0.717, 1.165) is 11.3 Å². The van der Waals surface area contributed by atoms with Gasteiger partial charge in [0, 0.05) is 13.0 Å². The molecule has 0 saturated carbocycles. The maximum Gasteiger partial charge on any atom is 0.346 e. The molecule has 0 aliphatic carbocycles. The molecule has 0 aromatic heterocycles. The van der Waals surface area contributed by atoms with E-state index >= 15 is 0 Å². The number of rotatable bonds is 5. The third-order valence-electron chi connectivity index (χ3n) is 3.87. The lowest BCUT2D eigenvalue weighted by molar-refractivity contribution is 0.167. The molecule has 2 N–H and O–H groups in total. The Hall–Kier alpha value is -2.04. The van der Waals surface area contributed by atoms with E-state index in [2.05, 4.69) is 18.8 Å². The molecule has 0 spiro atoms. The second kappa shape index (κ2) is 5.76. The highest BCUT2D eigenvalue weighted by Crippen LogP contribution is 2.31. The van der Waals surface area contributed by atoms with E-state index in [9.17, 15) is 4.79 Å². The number of hydrogen-bond acceptors (Lipinski definition) is 3. The third kappa shape index (κ3) is 2.86. The summed E-state index contributed by atoms with van der Waals surface area (Å²) >= 11 is 0. The van der Waals surface area contributed by atoms with Gasteiger partial charge in [0.15, 0.2) is 0 Å². The number of urea groups is 1. The molecular weight excluding hydrogens is 266 g/mol. The Morgan fingerprint density at radius 1 is 1.38 bits per heavy atom. The first-order valence-corrected chi connectivity index (χ1v) is 7.16. The van der Waals surface area contributed by atoms with Crippen molar-refractivity contribution in [1.29, 1.82) is 0 Å². The second-order valence-electron chi connectivity index (χ2n) is 6.05. The quantitative estimate of drug-likeness (QED) is 0.905. The van der Waals surface area contributed by atoms with Crippen LogP contribution in [0.1, 0.15) is 26.3 Å². The van der Waals surface area contributed by atoms with E-state index in [1.807, 2.05) is 31.2 Å². The molecule has 1 aromatic rings. The van der Waals surface area contributed by atoms with Crippen molar-refractivity contribution in [2.24, 2.45) is 16.6 Å². The maximum absolute atomic E-state index is 12.1.